The SMILES string of the molecule is COC(=O)N(c1cc2cc[nH]c(=O)c2cc1F)C(C)(C)C. The van der Waals surface area contributed by atoms with Crippen molar-refractivity contribution in [1.29, 1.82) is 0 Å². The third kappa shape index (κ3) is 2.74. The highest BCUT2D eigenvalue weighted by Crippen LogP contribution is 2.30. The maximum atomic E-state index is 14.4. The Kier molecular flexibility index (Phi) is 3.72. The third-order valence-electron chi connectivity index (χ3n) is 3.11. The van der Waals surface area contributed by atoms with Crippen molar-refractivity contribution in [2.75, 3.05) is 12.0 Å². The molecule has 0 bridgehead atoms. The molecule has 0 spiro atoms. The molecular formula is C15H17FN2O3. The summed E-state index contributed by atoms with van der Waals surface area (Å²) in [5.74, 6) is -0.653. The summed E-state index contributed by atoms with van der Waals surface area (Å²) in [5, 5.41) is 0.783. The fraction of sp³-hybridized carbons (Fsp3) is 0.333. The van der Waals surface area contributed by atoms with E-state index in [0.717, 1.165) is 6.07 Å². The van der Waals surface area contributed by atoms with Crippen LogP contribution < -0.4 is 10.5 Å². The summed E-state index contributed by atoms with van der Waals surface area (Å²) in [7, 11) is 1.24. The van der Waals surface area contributed by atoms with Crippen LogP contribution in [-0.4, -0.2) is 23.7 Å². The van der Waals surface area contributed by atoms with Crippen molar-refractivity contribution in [3.8, 4) is 0 Å². The average Bonchev–Trinajstić information content (AvgIpc) is 2.39. The van der Waals surface area contributed by atoms with Crippen LogP contribution in [0.1, 0.15) is 20.8 Å². The first-order valence-corrected chi connectivity index (χ1v) is 6.45. The van der Waals surface area contributed by atoms with Gasteiger partial charge in [0.25, 0.3) is 5.56 Å². The Labute approximate surface area is 121 Å². The molecule has 1 amide bonds. The second kappa shape index (κ2) is 5.20. The van der Waals surface area contributed by atoms with Gasteiger partial charge in [0.1, 0.15) is 5.82 Å². The number of carbonyl (C=O) groups is 1. The number of H-pyrrole nitrogens is 1. The lowest BCUT2D eigenvalue weighted by molar-refractivity contribution is 0.172. The molecule has 1 N–H and O–H groups in total. The van der Waals surface area contributed by atoms with Crippen LogP contribution in [0.2, 0.25) is 0 Å². The number of anilines is 1. The number of amides is 1. The van der Waals surface area contributed by atoms with E-state index >= 15 is 0 Å². The van der Waals surface area contributed by atoms with Crippen molar-refractivity contribution < 1.29 is 13.9 Å². The molecule has 0 aliphatic heterocycles. The summed E-state index contributed by atoms with van der Waals surface area (Å²) in [6, 6.07) is 4.26. The van der Waals surface area contributed by atoms with E-state index in [4.69, 9.17) is 4.74 Å². The number of aromatic nitrogens is 1. The van der Waals surface area contributed by atoms with Crippen molar-refractivity contribution in [2.24, 2.45) is 0 Å². The van der Waals surface area contributed by atoms with E-state index in [1.165, 1.54) is 24.3 Å². The Morgan fingerprint density at radius 1 is 1.33 bits per heavy atom. The van der Waals surface area contributed by atoms with Gasteiger partial charge in [0.2, 0.25) is 0 Å². The van der Waals surface area contributed by atoms with Gasteiger partial charge in [-0.05, 0) is 44.4 Å². The molecule has 0 aliphatic rings. The lowest BCUT2D eigenvalue weighted by atomic mass is 10.0. The number of hydrogen-bond acceptors (Lipinski definition) is 3. The van der Waals surface area contributed by atoms with E-state index in [2.05, 4.69) is 4.98 Å². The number of carbonyl (C=O) groups excluding carboxylic acids is 1. The second-order valence-electron chi connectivity index (χ2n) is 5.67. The first-order chi connectivity index (χ1) is 9.75. The molecule has 0 atom stereocenters. The molecule has 1 aromatic carbocycles. The smallest absolute Gasteiger partial charge is 0.414 e. The minimum absolute atomic E-state index is 0.0763. The van der Waals surface area contributed by atoms with Crippen LogP contribution in [0.25, 0.3) is 10.8 Å². The zero-order valence-electron chi connectivity index (χ0n) is 12.4. The Hall–Kier alpha value is -2.37. The summed E-state index contributed by atoms with van der Waals surface area (Å²) < 4.78 is 19.1. The molecule has 0 aliphatic carbocycles. The molecule has 112 valence electrons. The molecule has 6 heteroatoms. The molecule has 0 fully saturated rings. The number of rotatable bonds is 1. The lowest BCUT2D eigenvalue weighted by Crippen LogP contribution is -2.46. The van der Waals surface area contributed by atoms with Crippen molar-refractivity contribution in [1.82, 2.24) is 4.98 Å². The second-order valence-corrected chi connectivity index (χ2v) is 5.67. The number of nitrogens with one attached hydrogen (secondary N) is 1. The molecular weight excluding hydrogens is 275 g/mol. The van der Waals surface area contributed by atoms with Crippen molar-refractivity contribution >= 4 is 22.6 Å². The summed E-state index contributed by atoms with van der Waals surface area (Å²) in [6.07, 6.45) is 0.817. The number of methoxy groups -OCH3 is 1. The van der Waals surface area contributed by atoms with E-state index in [1.54, 1.807) is 26.8 Å². The van der Waals surface area contributed by atoms with Gasteiger partial charge in [0, 0.05) is 11.7 Å². The molecule has 1 heterocycles. The van der Waals surface area contributed by atoms with Gasteiger partial charge < -0.3 is 9.72 Å². The minimum atomic E-state index is -0.678. The van der Waals surface area contributed by atoms with Gasteiger partial charge in [-0.2, -0.15) is 0 Å². The van der Waals surface area contributed by atoms with Gasteiger partial charge in [0.15, 0.2) is 0 Å². The van der Waals surface area contributed by atoms with Crippen molar-refractivity contribution in [3.05, 3.63) is 40.6 Å². The fourth-order valence-electron chi connectivity index (χ4n) is 2.19. The molecule has 5 nitrogen and oxygen atoms in total. The predicted molar refractivity (Wildman–Crippen MR) is 79.2 cm³/mol. The largest absolute Gasteiger partial charge is 0.452 e. The highest BCUT2D eigenvalue weighted by molar-refractivity contribution is 5.93. The summed E-state index contributed by atoms with van der Waals surface area (Å²) in [4.78, 5) is 27.4. The van der Waals surface area contributed by atoms with Crippen LogP contribution in [-0.2, 0) is 4.74 Å². The number of hydrogen-bond donors (Lipinski definition) is 1. The van der Waals surface area contributed by atoms with Gasteiger partial charge in [0.05, 0.1) is 18.2 Å². The Morgan fingerprint density at radius 3 is 2.57 bits per heavy atom. The molecule has 2 rings (SSSR count). The van der Waals surface area contributed by atoms with E-state index < -0.39 is 17.4 Å². The van der Waals surface area contributed by atoms with E-state index in [9.17, 15) is 14.0 Å². The predicted octanol–water partition coefficient (Wildman–Crippen LogP) is 3.04. The van der Waals surface area contributed by atoms with E-state index in [1.807, 2.05) is 0 Å². The lowest BCUT2D eigenvalue weighted by Gasteiger charge is -2.34. The molecule has 0 radical (unpaired) electrons. The number of fused-ring (bicyclic) bond motifs is 1. The van der Waals surface area contributed by atoms with Crippen LogP contribution in [0.3, 0.4) is 0 Å². The standard InChI is InChI=1S/C15H17FN2O3/c1-15(2,3)18(14(20)21-4)12-7-9-5-6-17-13(19)10(9)8-11(12)16/h5-8H,1-4H3,(H,17,19). The van der Waals surface area contributed by atoms with Crippen molar-refractivity contribution in [2.45, 2.75) is 26.3 Å². The molecule has 0 saturated heterocycles. The first kappa shape index (κ1) is 15.0. The number of ether oxygens (including phenoxy) is 1. The molecule has 2 aromatic rings. The summed E-state index contributed by atoms with van der Waals surface area (Å²) in [5.41, 5.74) is -0.978. The van der Waals surface area contributed by atoms with Gasteiger partial charge in [-0.15, -0.1) is 0 Å². The van der Waals surface area contributed by atoms with Crippen LogP contribution >= 0.6 is 0 Å². The quantitative estimate of drug-likeness (QED) is 0.878. The maximum Gasteiger partial charge on any atom is 0.414 e. The Morgan fingerprint density at radius 2 is 2.00 bits per heavy atom. The monoisotopic (exact) mass is 292 g/mol. The van der Waals surface area contributed by atoms with Gasteiger partial charge in [-0.3, -0.25) is 9.69 Å². The van der Waals surface area contributed by atoms with Crippen LogP contribution in [0.5, 0.6) is 0 Å². The highest BCUT2D eigenvalue weighted by Gasteiger charge is 2.31. The molecule has 0 saturated carbocycles. The maximum absolute atomic E-state index is 14.4. The normalized spacial score (nSPS) is 11.5. The number of nitrogens with zero attached hydrogens (tertiary/aromatic N) is 1. The van der Waals surface area contributed by atoms with E-state index in [-0.39, 0.29) is 16.6 Å². The average molecular weight is 292 g/mol. The van der Waals surface area contributed by atoms with Gasteiger partial charge in [-0.25, -0.2) is 9.18 Å². The fourth-order valence-corrected chi connectivity index (χ4v) is 2.19. The van der Waals surface area contributed by atoms with Gasteiger partial charge >= 0.3 is 6.09 Å². The van der Waals surface area contributed by atoms with Crippen LogP contribution in [0.15, 0.2) is 29.2 Å². The first-order valence-electron chi connectivity index (χ1n) is 6.45. The molecule has 0 unspecified atom stereocenters. The zero-order valence-corrected chi connectivity index (χ0v) is 12.4. The van der Waals surface area contributed by atoms with Crippen LogP contribution in [0, 0.1) is 5.82 Å². The Bertz CT molecular complexity index is 747. The molecule has 21 heavy (non-hydrogen) atoms. The topological polar surface area (TPSA) is 62.4 Å². The summed E-state index contributed by atoms with van der Waals surface area (Å²) >= 11 is 0. The third-order valence-corrected chi connectivity index (χ3v) is 3.11. The highest BCUT2D eigenvalue weighted by atomic mass is 19.1. The van der Waals surface area contributed by atoms with Crippen molar-refractivity contribution in [3.63, 3.8) is 0 Å². The zero-order chi connectivity index (χ0) is 15.8. The number of aromatic amines is 1. The van der Waals surface area contributed by atoms with Crippen LogP contribution in [0.4, 0.5) is 14.9 Å². The summed E-state index contributed by atoms with van der Waals surface area (Å²) in [6.45, 7) is 5.31. The Balaban J connectivity index is 2.72. The number of benzene rings is 1. The molecule has 1 aromatic heterocycles. The number of halogens is 1. The van der Waals surface area contributed by atoms with E-state index in [0.29, 0.717) is 5.39 Å². The number of pyridine rings is 1. The van der Waals surface area contributed by atoms with Gasteiger partial charge in [-0.1, -0.05) is 0 Å². The minimum Gasteiger partial charge on any atom is -0.452 e.